The number of methoxy groups -OCH3 is 1. The Balaban J connectivity index is 1.87. The van der Waals surface area contributed by atoms with Crippen molar-refractivity contribution in [3.8, 4) is 0 Å². The zero-order valence-electron chi connectivity index (χ0n) is 11.7. The van der Waals surface area contributed by atoms with E-state index in [1.54, 1.807) is 7.11 Å². The third-order valence-electron chi connectivity index (χ3n) is 4.45. The van der Waals surface area contributed by atoms with Crippen molar-refractivity contribution in [1.29, 1.82) is 0 Å². The van der Waals surface area contributed by atoms with Gasteiger partial charge in [0.2, 0.25) is 0 Å². The van der Waals surface area contributed by atoms with Crippen LogP contribution in [-0.2, 0) is 4.74 Å². The molecule has 100 valence electrons. The smallest absolute Gasteiger partial charge is 0.134 e. The van der Waals surface area contributed by atoms with Crippen LogP contribution in [0.5, 0.6) is 0 Å². The molecular weight excluding hydrogens is 236 g/mol. The first-order valence-electron chi connectivity index (χ1n) is 6.76. The second kappa shape index (κ2) is 4.49. The molecule has 1 saturated carbocycles. The van der Waals surface area contributed by atoms with Gasteiger partial charge in [-0.1, -0.05) is 38.1 Å². The first kappa shape index (κ1) is 12.4. The molecule has 3 nitrogen and oxygen atoms in total. The van der Waals surface area contributed by atoms with Gasteiger partial charge in [0.1, 0.15) is 5.82 Å². The Kier molecular flexibility index (Phi) is 2.94. The van der Waals surface area contributed by atoms with Gasteiger partial charge in [0, 0.05) is 30.1 Å². The average Bonchev–Trinajstić information content (AvgIpc) is 2.43. The van der Waals surface area contributed by atoms with Crippen molar-refractivity contribution in [2.24, 2.45) is 5.41 Å². The Hall–Kier alpha value is -1.61. The first-order valence-corrected chi connectivity index (χ1v) is 6.76. The molecule has 2 atom stereocenters. The molecule has 1 aliphatic rings. The molecular formula is C16H20N2O. The van der Waals surface area contributed by atoms with Gasteiger partial charge in [0.05, 0.1) is 6.10 Å². The van der Waals surface area contributed by atoms with E-state index in [0.29, 0.717) is 12.1 Å². The van der Waals surface area contributed by atoms with Crippen molar-refractivity contribution in [2.75, 3.05) is 12.4 Å². The van der Waals surface area contributed by atoms with Crippen LogP contribution in [0.25, 0.3) is 10.8 Å². The fraction of sp³-hybridized carbons (Fsp3) is 0.438. The lowest BCUT2D eigenvalue weighted by Crippen LogP contribution is -2.57. The number of ether oxygens (including phenoxy) is 1. The average molecular weight is 256 g/mol. The fourth-order valence-electron chi connectivity index (χ4n) is 2.93. The summed E-state index contributed by atoms with van der Waals surface area (Å²) in [5.41, 5.74) is 0.146. The Morgan fingerprint density at radius 2 is 2.05 bits per heavy atom. The molecule has 3 rings (SSSR count). The van der Waals surface area contributed by atoms with E-state index in [-0.39, 0.29) is 5.41 Å². The number of anilines is 1. The molecule has 1 fully saturated rings. The monoisotopic (exact) mass is 256 g/mol. The zero-order chi connectivity index (χ0) is 13.5. The molecule has 1 heterocycles. The molecule has 0 saturated heterocycles. The molecule has 1 N–H and O–H groups in total. The van der Waals surface area contributed by atoms with E-state index in [9.17, 15) is 0 Å². The maximum Gasteiger partial charge on any atom is 0.134 e. The number of rotatable bonds is 3. The summed E-state index contributed by atoms with van der Waals surface area (Å²) in [6.07, 6.45) is 3.23. The van der Waals surface area contributed by atoms with Gasteiger partial charge >= 0.3 is 0 Å². The van der Waals surface area contributed by atoms with Crippen LogP contribution in [0.3, 0.4) is 0 Å². The summed E-state index contributed by atoms with van der Waals surface area (Å²) in [5, 5.41) is 5.99. The highest BCUT2D eigenvalue weighted by atomic mass is 16.5. The third kappa shape index (κ3) is 1.98. The van der Waals surface area contributed by atoms with Gasteiger partial charge in [-0.05, 0) is 17.9 Å². The molecule has 0 amide bonds. The summed E-state index contributed by atoms with van der Waals surface area (Å²) in [4.78, 5) is 4.49. The Labute approximate surface area is 114 Å². The van der Waals surface area contributed by atoms with Crippen LogP contribution >= 0.6 is 0 Å². The van der Waals surface area contributed by atoms with Crippen molar-refractivity contribution >= 4 is 16.6 Å². The Morgan fingerprint density at radius 1 is 1.26 bits per heavy atom. The molecule has 1 aliphatic carbocycles. The van der Waals surface area contributed by atoms with Crippen LogP contribution in [0.2, 0.25) is 0 Å². The van der Waals surface area contributed by atoms with Crippen LogP contribution in [0.15, 0.2) is 36.5 Å². The second-order valence-corrected chi connectivity index (χ2v) is 5.86. The van der Waals surface area contributed by atoms with Gasteiger partial charge in [-0.25, -0.2) is 4.98 Å². The van der Waals surface area contributed by atoms with E-state index in [1.807, 2.05) is 12.3 Å². The van der Waals surface area contributed by atoms with E-state index in [0.717, 1.165) is 12.2 Å². The van der Waals surface area contributed by atoms with Crippen molar-refractivity contribution in [1.82, 2.24) is 4.98 Å². The molecule has 1 aromatic heterocycles. The molecule has 2 unspecified atom stereocenters. The topological polar surface area (TPSA) is 34.1 Å². The SMILES string of the molecule is COC1CC(Nc2nccc3ccccc23)C1(C)C. The summed E-state index contributed by atoms with van der Waals surface area (Å²) < 4.78 is 5.50. The van der Waals surface area contributed by atoms with Crippen LogP contribution in [-0.4, -0.2) is 24.2 Å². The quantitative estimate of drug-likeness (QED) is 0.913. The molecule has 19 heavy (non-hydrogen) atoms. The number of hydrogen-bond acceptors (Lipinski definition) is 3. The van der Waals surface area contributed by atoms with Gasteiger partial charge in [0.25, 0.3) is 0 Å². The molecule has 0 aliphatic heterocycles. The third-order valence-corrected chi connectivity index (χ3v) is 4.45. The molecule has 0 radical (unpaired) electrons. The minimum absolute atomic E-state index is 0.146. The highest BCUT2D eigenvalue weighted by Crippen LogP contribution is 2.44. The summed E-state index contributed by atoms with van der Waals surface area (Å²) in [5.74, 6) is 0.978. The summed E-state index contributed by atoms with van der Waals surface area (Å²) in [6.45, 7) is 4.49. The lowest BCUT2D eigenvalue weighted by Gasteiger charge is -2.51. The highest BCUT2D eigenvalue weighted by Gasteiger charge is 2.48. The maximum absolute atomic E-state index is 5.50. The summed E-state index contributed by atoms with van der Waals surface area (Å²) in [6, 6.07) is 10.8. The van der Waals surface area contributed by atoms with Gasteiger partial charge in [-0.15, -0.1) is 0 Å². The highest BCUT2D eigenvalue weighted by molar-refractivity contribution is 5.91. The molecule has 2 aromatic rings. The van der Waals surface area contributed by atoms with E-state index in [4.69, 9.17) is 4.74 Å². The number of benzene rings is 1. The second-order valence-electron chi connectivity index (χ2n) is 5.86. The minimum Gasteiger partial charge on any atom is -0.381 e. The number of aromatic nitrogens is 1. The van der Waals surface area contributed by atoms with Gasteiger partial charge in [-0.3, -0.25) is 0 Å². The predicted molar refractivity (Wildman–Crippen MR) is 78.3 cm³/mol. The number of nitrogens with one attached hydrogen (secondary N) is 1. The van der Waals surface area contributed by atoms with Crippen LogP contribution in [0, 0.1) is 5.41 Å². The maximum atomic E-state index is 5.50. The van der Waals surface area contributed by atoms with Crippen molar-refractivity contribution in [3.63, 3.8) is 0 Å². The lowest BCUT2D eigenvalue weighted by molar-refractivity contribution is -0.0795. The van der Waals surface area contributed by atoms with Gasteiger partial charge < -0.3 is 10.1 Å². The van der Waals surface area contributed by atoms with Crippen molar-refractivity contribution < 1.29 is 4.74 Å². The molecule has 0 bridgehead atoms. The standard InChI is InChI=1S/C16H20N2O/c1-16(2)13(10-14(16)19-3)18-15-12-7-5-4-6-11(12)8-9-17-15/h4-9,13-14H,10H2,1-3H3,(H,17,18). The first-order chi connectivity index (χ1) is 9.13. The van der Waals surface area contributed by atoms with Gasteiger partial charge in [0.15, 0.2) is 0 Å². The Morgan fingerprint density at radius 3 is 2.79 bits per heavy atom. The fourth-order valence-corrected chi connectivity index (χ4v) is 2.93. The Bertz CT molecular complexity index is 589. The number of nitrogens with zero attached hydrogens (tertiary/aromatic N) is 1. The molecule has 3 heteroatoms. The van der Waals surface area contributed by atoms with Crippen LogP contribution < -0.4 is 5.32 Å². The van der Waals surface area contributed by atoms with E-state index in [1.165, 1.54) is 10.8 Å². The molecule has 1 aromatic carbocycles. The van der Waals surface area contributed by atoms with E-state index >= 15 is 0 Å². The van der Waals surface area contributed by atoms with E-state index in [2.05, 4.69) is 48.4 Å². The minimum atomic E-state index is 0.146. The van der Waals surface area contributed by atoms with Gasteiger partial charge in [-0.2, -0.15) is 0 Å². The lowest BCUT2D eigenvalue weighted by atomic mass is 9.64. The van der Waals surface area contributed by atoms with Crippen molar-refractivity contribution in [3.05, 3.63) is 36.5 Å². The van der Waals surface area contributed by atoms with Crippen LogP contribution in [0.4, 0.5) is 5.82 Å². The summed E-state index contributed by atoms with van der Waals surface area (Å²) >= 11 is 0. The largest absolute Gasteiger partial charge is 0.381 e. The number of hydrogen-bond donors (Lipinski definition) is 1. The van der Waals surface area contributed by atoms with Crippen LogP contribution in [0.1, 0.15) is 20.3 Å². The zero-order valence-corrected chi connectivity index (χ0v) is 11.7. The normalized spacial score (nSPS) is 25.0. The summed E-state index contributed by atoms with van der Waals surface area (Å²) in [7, 11) is 1.79. The van der Waals surface area contributed by atoms with Crippen molar-refractivity contribution in [2.45, 2.75) is 32.4 Å². The van der Waals surface area contributed by atoms with E-state index < -0.39 is 0 Å². The number of fused-ring (bicyclic) bond motifs is 1. The predicted octanol–water partition coefficient (Wildman–Crippen LogP) is 3.46. The molecule has 0 spiro atoms. The number of pyridine rings is 1.